The van der Waals surface area contributed by atoms with Crippen molar-refractivity contribution >= 4 is 17.6 Å². The summed E-state index contributed by atoms with van der Waals surface area (Å²) in [5.41, 5.74) is 2.46. The predicted molar refractivity (Wildman–Crippen MR) is 62.6 cm³/mol. The van der Waals surface area contributed by atoms with Crippen LogP contribution in [0.2, 0.25) is 0 Å². The Balaban J connectivity index is 2.05. The normalized spacial score (nSPS) is 29.8. The van der Waals surface area contributed by atoms with Crippen molar-refractivity contribution < 1.29 is 9.90 Å². The Morgan fingerprint density at radius 1 is 1.56 bits per heavy atom. The largest absolute Gasteiger partial charge is 0.480 e. The molecule has 16 heavy (non-hydrogen) atoms. The Morgan fingerprint density at radius 3 is 3.12 bits per heavy atom. The zero-order chi connectivity index (χ0) is 11.5. The summed E-state index contributed by atoms with van der Waals surface area (Å²) in [6, 6.07) is 0.348. The molecule has 0 spiro atoms. The van der Waals surface area contributed by atoms with Gasteiger partial charge >= 0.3 is 5.97 Å². The van der Waals surface area contributed by atoms with Crippen molar-refractivity contribution in [3.05, 3.63) is 11.3 Å². The van der Waals surface area contributed by atoms with E-state index < -0.39 is 5.97 Å². The second-order valence-electron chi connectivity index (χ2n) is 4.38. The lowest BCUT2D eigenvalue weighted by Gasteiger charge is -2.35. The number of rotatable bonds is 3. The van der Waals surface area contributed by atoms with Gasteiger partial charge in [-0.25, -0.2) is 0 Å². The lowest BCUT2D eigenvalue weighted by molar-refractivity contribution is -0.135. The van der Waals surface area contributed by atoms with E-state index in [4.69, 9.17) is 16.7 Å². The Morgan fingerprint density at radius 2 is 2.38 bits per heavy atom. The fourth-order valence-electron chi connectivity index (χ4n) is 2.49. The first kappa shape index (κ1) is 11.7. The number of carbonyl (C=O) groups is 1. The minimum Gasteiger partial charge on any atom is -0.480 e. The highest BCUT2D eigenvalue weighted by Crippen LogP contribution is 2.31. The number of hydrogen-bond donors (Lipinski definition) is 3. The van der Waals surface area contributed by atoms with E-state index in [1.807, 2.05) is 0 Å². The highest BCUT2D eigenvalue weighted by atomic mass is 35.5. The SMILES string of the molecule is O=C(O)CNC1=C2CCC(Cl)CC2NCC1. The highest BCUT2D eigenvalue weighted by Gasteiger charge is 2.29. The average Bonchev–Trinajstić information content (AvgIpc) is 2.25. The van der Waals surface area contributed by atoms with Gasteiger partial charge in [0.25, 0.3) is 0 Å². The van der Waals surface area contributed by atoms with Crippen LogP contribution in [0.1, 0.15) is 25.7 Å². The van der Waals surface area contributed by atoms with Gasteiger partial charge in [0, 0.05) is 23.7 Å². The molecule has 1 aliphatic carbocycles. The molecule has 0 saturated heterocycles. The number of aliphatic carboxylic acids is 1. The Labute approximate surface area is 100 Å². The highest BCUT2D eigenvalue weighted by molar-refractivity contribution is 6.20. The number of hydrogen-bond acceptors (Lipinski definition) is 3. The molecule has 2 unspecified atom stereocenters. The van der Waals surface area contributed by atoms with Gasteiger partial charge in [-0.15, -0.1) is 11.6 Å². The molecule has 4 nitrogen and oxygen atoms in total. The molecule has 2 atom stereocenters. The zero-order valence-corrected chi connectivity index (χ0v) is 9.89. The smallest absolute Gasteiger partial charge is 0.322 e. The monoisotopic (exact) mass is 244 g/mol. The van der Waals surface area contributed by atoms with Crippen molar-refractivity contribution in [2.75, 3.05) is 13.1 Å². The van der Waals surface area contributed by atoms with E-state index in [0.717, 1.165) is 37.9 Å². The van der Waals surface area contributed by atoms with Gasteiger partial charge in [0.2, 0.25) is 0 Å². The van der Waals surface area contributed by atoms with Crippen LogP contribution in [0.4, 0.5) is 0 Å². The van der Waals surface area contributed by atoms with Crippen LogP contribution in [0, 0.1) is 0 Å². The van der Waals surface area contributed by atoms with Gasteiger partial charge in [0.15, 0.2) is 0 Å². The maximum Gasteiger partial charge on any atom is 0.322 e. The maximum absolute atomic E-state index is 10.5. The zero-order valence-electron chi connectivity index (χ0n) is 9.13. The van der Waals surface area contributed by atoms with Crippen molar-refractivity contribution in [1.82, 2.24) is 10.6 Å². The summed E-state index contributed by atoms with van der Waals surface area (Å²) in [6.45, 7) is 0.912. The van der Waals surface area contributed by atoms with Gasteiger partial charge in [-0.2, -0.15) is 0 Å². The molecule has 90 valence electrons. The van der Waals surface area contributed by atoms with Crippen molar-refractivity contribution in [2.24, 2.45) is 0 Å². The molecule has 0 bridgehead atoms. The van der Waals surface area contributed by atoms with E-state index in [9.17, 15) is 4.79 Å². The Bertz CT molecular complexity index is 317. The van der Waals surface area contributed by atoms with Crippen molar-refractivity contribution in [3.8, 4) is 0 Å². The Hall–Kier alpha value is -0.740. The van der Waals surface area contributed by atoms with E-state index in [2.05, 4.69) is 10.6 Å². The molecule has 0 aromatic heterocycles. The molecule has 1 heterocycles. The lowest BCUT2D eigenvalue weighted by Crippen LogP contribution is -2.43. The molecule has 5 heteroatoms. The van der Waals surface area contributed by atoms with Crippen LogP contribution in [-0.2, 0) is 4.79 Å². The number of halogens is 1. The van der Waals surface area contributed by atoms with Crippen LogP contribution in [0.5, 0.6) is 0 Å². The van der Waals surface area contributed by atoms with Gasteiger partial charge < -0.3 is 15.7 Å². The molecular weight excluding hydrogens is 228 g/mol. The molecular formula is C11H17ClN2O2. The fourth-order valence-corrected chi connectivity index (χ4v) is 2.77. The Kier molecular flexibility index (Phi) is 3.71. The summed E-state index contributed by atoms with van der Waals surface area (Å²) in [5, 5.41) is 15.4. The molecule has 2 rings (SSSR count). The summed E-state index contributed by atoms with van der Waals surface area (Å²) < 4.78 is 0. The first-order valence-corrected chi connectivity index (χ1v) is 6.15. The molecule has 1 saturated carbocycles. The third-order valence-corrected chi connectivity index (χ3v) is 3.64. The summed E-state index contributed by atoms with van der Waals surface area (Å²) in [5.74, 6) is -0.811. The van der Waals surface area contributed by atoms with Crippen LogP contribution in [0.3, 0.4) is 0 Å². The predicted octanol–water partition coefficient (Wildman–Crippen LogP) is 1.07. The summed E-state index contributed by atoms with van der Waals surface area (Å²) in [4.78, 5) is 10.5. The van der Waals surface area contributed by atoms with Gasteiger partial charge in [-0.1, -0.05) is 0 Å². The average molecular weight is 245 g/mol. The van der Waals surface area contributed by atoms with Crippen LogP contribution in [0.25, 0.3) is 0 Å². The van der Waals surface area contributed by atoms with E-state index in [-0.39, 0.29) is 11.9 Å². The summed E-state index contributed by atoms with van der Waals surface area (Å²) in [6.07, 6.45) is 3.82. The number of carboxylic acids is 1. The van der Waals surface area contributed by atoms with E-state index in [0.29, 0.717) is 6.04 Å². The molecule has 1 aliphatic heterocycles. The maximum atomic E-state index is 10.5. The topological polar surface area (TPSA) is 61.4 Å². The van der Waals surface area contributed by atoms with Gasteiger partial charge in [0.1, 0.15) is 6.54 Å². The van der Waals surface area contributed by atoms with Crippen molar-refractivity contribution in [2.45, 2.75) is 37.1 Å². The minimum atomic E-state index is -0.811. The molecule has 2 aliphatic rings. The first-order valence-electron chi connectivity index (χ1n) is 5.72. The van der Waals surface area contributed by atoms with Crippen LogP contribution in [0.15, 0.2) is 11.3 Å². The number of carboxylic acid groups (broad SMARTS) is 1. The number of fused-ring (bicyclic) bond motifs is 1. The molecule has 0 radical (unpaired) electrons. The van der Waals surface area contributed by atoms with E-state index in [1.165, 1.54) is 5.57 Å². The van der Waals surface area contributed by atoms with Crippen molar-refractivity contribution in [1.29, 1.82) is 0 Å². The van der Waals surface area contributed by atoms with Gasteiger partial charge in [-0.3, -0.25) is 4.79 Å². The molecule has 3 N–H and O–H groups in total. The van der Waals surface area contributed by atoms with Gasteiger partial charge in [-0.05, 0) is 31.3 Å². The summed E-state index contributed by atoms with van der Waals surface area (Å²) >= 11 is 6.13. The number of alkyl halides is 1. The quantitative estimate of drug-likeness (QED) is 0.650. The van der Waals surface area contributed by atoms with Crippen LogP contribution < -0.4 is 10.6 Å². The summed E-state index contributed by atoms with van der Waals surface area (Å²) in [7, 11) is 0. The minimum absolute atomic E-state index is 0.00978. The molecule has 1 fully saturated rings. The molecule has 0 aromatic rings. The third-order valence-electron chi connectivity index (χ3n) is 3.25. The second kappa shape index (κ2) is 5.06. The van der Waals surface area contributed by atoms with Crippen molar-refractivity contribution in [3.63, 3.8) is 0 Å². The lowest BCUT2D eigenvalue weighted by atomic mass is 9.85. The van der Waals surface area contributed by atoms with Crippen LogP contribution >= 0.6 is 11.6 Å². The fraction of sp³-hybridized carbons (Fsp3) is 0.727. The van der Waals surface area contributed by atoms with E-state index >= 15 is 0 Å². The van der Waals surface area contributed by atoms with Gasteiger partial charge in [0.05, 0.1) is 0 Å². The number of nitrogens with one attached hydrogen (secondary N) is 2. The second-order valence-corrected chi connectivity index (χ2v) is 5.00. The molecule has 0 amide bonds. The third kappa shape index (κ3) is 2.68. The molecule has 0 aromatic carbocycles. The first-order chi connectivity index (χ1) is 7.66. The standard InChI is InChI=1S/C11H17ClN2O2/c12-7-1-2-8-9(14-6-11(15)16)3-4-13-10(8)5-7/h7,10,13-14H,1-6H2,(H,15,16). The van der Waals surface area contributed by atoms with E-state index in [1.54, 1.807) is 0 Å². The van der Waals surface area contributed by atoms with Crippen LogP contribution in [-0.4, -0.2) is 35.6 Å².